The molecule has 1 aromatic carbocycles. The number of aromatic nitrogens is 2. The Hall–Kier alpha value is -2.12. The Morgan fingerprint density at radius 3 is 2.76 bits per heavy atom. The van der Waals surface area contributed by atoms with Crippen molar-refractivity contribution in [2.24, 2.45) is 0 Å². The van der Waals surface area contributed by atoms with Gasteiger partial charge >= 0.3 is 0 Å². The molecule has 6 nitrogen and oxygen atoms in total. The first-order chi connectivity index (χ1) is 12.2. The number of rotatable bonds is 6. The molecule has 132 valence electrons. The molecule has 1 N–H and O–H groups in total. The zero-order valence-electron chi connectivity index (χ0n) is 14.3. The van der Waals surface area contributed by atoms with Crippen LogP contribution in [0.3, 0.4) is 0 Å². The molecule has 1 aromatic heterocycles. The fourth-order valence-electron chi connectivity index (χ4n) is 2.47. The van der Waals surface area contributed by atoms with E-state index >= 15 is 0 Å². The molecule has 7 heteroatoms. The maximum Gasteiger partial charge on any atom is 0.230 e. The molecule has 3 rings (SSSR count). The lowest BCUT2D eigenvalue weighted by molar-refractivity contribution is -0.118. The molecule has 2 heterocycles. The van der Waals surface area contributed by atoms with Crippen LogP contribution < -0.4 is 10.2 Å². The number of nitrogens with one attached hydrogen (secondary N) is 1. The molecule has 2 aromatic rings. The molecule has 1 amide bonds. The van der Waals surface area contributed by atoms with Crippen LogP contribution in [0.1, 0.15) is 11.1 Å². The van der Waals surface area contributed by atoms with Crippen LogP contribution in [0.25, 0.3) is 0 Å². The van der Waals surface area contributed by atoms with E-state index in [0.717, 1.165) is 29.5 Å². The largest absolute Gasteiger partial charge is 0.378 e. The predicted octanol–water partition coefficient (Wildman–Crippen LogP) is 2.03. The highest BCUT2D eigenvalue weighted by atomic mass is 32.2. The minimum atomic E-state index is -0.00268. The van der Waals surface area contributed by atoms with E-state index in [-0.39, 0.29) is 5.91 Å². The van der Waals surface area contributed by atoms with Crippen LogP contribution in [-0.2, 0) is 16.1 Å². The Bertz CT molecular complexity index is 702. The van der Waals surface area contributed by atoms with Gasteiger partial charge in [0.1, 0.15) is 17.2 Å². The maximum absolute atomic E-state index is 12.0. The highest BCUT2D eigenvalue weighted by Gasteiger charge is 2.13. The summed E-state index contributed by atoms with van der Waals surface area (Å²) in [7, 11) is 0. The molecule has 1 aliphatic heterocycles. The molecule has 1 saturated heterocycles. The third-order valence-electron chi connectivity index (χ3n) is 3.92. The summed E-state index contributed by atoms with van der Waals surface area (Å²) in [4.78, 5) is 22.8. The van der Waals surface area contributed by atoms with E-state index in [4.69, 9.17) is 4.74 Å². The van der Waals surface area contributed by atoms with Crippen LogP contribution in [0, 0.1) is 6.92 Å². The van der Waals surface area contributed by atoms with Gasteiger partial charge in [-0.25, -0.2) is 9.97 Å². The number of thioether (sulfide) groups is 1. The molecule has 0 bridgehead atoms. The van der Waals surface area contributed by atoms with Crippen LogP contribution in [0.2, 0.25) is 0 Å². The lowest BCUT2D eigenvalue weighted by atomic mass is 10.1. The van der Waals surface area contributed by atoms with Gasteiger partial charge < -0.3 is 15.0 Å². The number of hydrogen-bond donors (Lipinski definition) is 1. The van der Waals surface area contributed by atoms with E-state index < -0.39 is 0 Å². The van der Waals surface area contributed by atoms with E-state index in [1.807, 2.05) is 37.3 Å². The molecule has 0 atom stereocenters. The van der Waals surface area contributed by atoms with Gasteiger partial charge in [0.2, 0.25) is 5.91 Å². The number of aryl methyl sites for hydroxylation is 1. The Morgan fingerprint density at radius 2 is 2.00 bits per heavy atom. The Labute approximate surface area is 152 Å². The van der Waals surface area contributed by atoms with Crippen LogP contribution >= 0.6 is 11.8 Å². The van der Waals surface area contributed by atoms with Crippen LogP contribution in [0.15, 0.2) is 41.7 Å². The highest BCUT2D eigenvalue weighted by Crippen LogP contribution is 2.20. The number of anilines is 1. The Morgan fingerprint density at radius 1 is 1.24 bits per heavy atom. The van der Waals surface area contributed by atoms with Crippen molar-refractivity contribution < 1.29 is 9.53 Å². The first kappa shape index (κ1) is 17.7. The lowest BCUT2D eigenvalue weighted by Gasteiger charge is -2.27. The Kier molecular flexibility index (Phi) is 6.25. The van der Waals surface area contributed by atoms with Crippen molar-refractivity contribution in [3.63, 3.8) is 0 Å². The van der Waals surface area contributed by atoms with E-state index in [2.05, 4.69) is 20.2 Å². The summed E-state index contributed by atoms with van der Waals surface area (Å²) in [6, 6.07) is 10.1. The van der Waals surface area contributed by atoms with Crippen molar-refractivity contribution in [2.45, 2.75) is 18.5 Å². The van der Waals surface area contributed by atoms with Crippen molar-refractivity contribution in [1.82, 2.24) is 15.3 Å². The monoisotopic (exact) mass is 358 g/mol. The second kappa shape index (κ2) is 8.82. The quantitative estimate of drug-likeness (QED) is 0.630. The number of amides is 1. The Balaban J connectivity index is 1.47. The van der Waals surface area contributed by atoms with Gasteiger partial charge in [0.25, 0.3) is 0 Å². The second-order valence-corrected chi connectivity index (χ2v) is 6.86. The third-order valence-corrected chi connectivity index (χ3v) is 4.85. The first-order valence-corrected chi connectivity index (χ1v) is 9.29. The average molecular weight is 358 g/mol. The smallest absolute Gasteiger partial charge is 0.230 e. The molecule has 1 fully saturated rings. The standard InChI is InChI=1S/C18H22N4O2S/c1-14-2-4-15(5-3-14)11-19-17(23)12-25-18-10-16(20-13-21-18)22-6-8-24-9-7-22/h2-5,10,13H,6-9,11-12H2,1H3,(H,19,23). The maximum atomic E-state index is 12.0. The molecular weight excluding hydrogens is 336 g/mol. The minimum Gasteiger partial charge on any atom is -0.378 e. The summed E-state index contributed by atoms with van der Waals surface area (Å²) in [6.07, 6.45) is 1.55. The van der Waals surface area contributed by atoms with Gasteiger partial charge in [-0.15, -0.1) is 0 Å². The first-order valence-electron chi connectivity index (χ1n) is 8.30. The number of morpholine rings is 1. The zero-order valence-corrected chi connectivity index (χ0v) is 15.1. The average Bonchev–Trinajstić information content (AvgIpc) is 2.67. The van der Waals surface area contributed by atoms with Crippen LogP contribution in [-0.4, -0.2) is 47.9 Å². The van der Waals surface area contributed by atoms with Crippen molar-refractivity contribution in [1.29, 1.82) is 0 Å². The number of benzene rings is 1. The van der Waals surface area contributed by atoms with Crippen molar-refractivity contribution in [2.75, 3.05) is 37.0 Å². The SMILES string of the molecule is Cc1ccc(CNC(=O)CSc2cc(N3CCOCC3)ncn2)cc1. The van der Waals surface area contributed by atoms with Crippen LogP contribution in [0.4, 0.5) is 5.82 Å². The van der Waals surface area contributed by atoms with Gasteiger partial charge in [-0.3, -0.25) is 4.79 Å². The molecule has 0 radical (unpaired) electrons. The summed E-state index contributed by atoms with van der Waals surface area (Å²) >= 11 is 1.42. The van der Waals surface area contributed by atoms with Crippen molar-refractivity contribution in [3.05, 3.63) is 47.8 Å². The van der Waals surface area contributed by atoms with E-state index in [9.17, 15) is 4.79 Å². The van der Waals surface area contributed by atoms with Gasteiger partial charge in [0, 0.05) is 25.7 Å². The van der Waals surface area contributed by atoms with E-state index in [0.29, 0.717) is 25.5 Å². The molecule has 0 spiro atoms. The molecule has 0 saturated carbocycles. The predicted molar refractivity (Wildman–Crippen MR) is 98.8 cm³/mol. The molecule has 25 heavy (non-hydrogen) atoms. The van der Waals surface area contributed by atoms with Crippen molar-refractivity contribution in [3.8, 4) is 0 Å². The van der Waals surface area contributed by atoms with Gasteiger partial charge in [0.15, 0.2) is 0 Å². The van der Waals surface area contributed by atoms with Crippen LogP contribution in [0.5, 0.6) is 0 Å². The number of nitrogens with zero attached hydrogens (tertiary/aromatic N) is 3. The summed E-state index contributed by atoms with van der Waals surface area (Å²) in [5.41, 5.74) is 2.31. The summed E-state index contributed by atoms with van der Waals surface area (Å²) in [5, 5.41) is 3.74. The summed E-state index contributed by atoms with van der Waals surface area (Å²) in [6.45, 7) is 5.69. The minimum absolute atomic E-state index is 0.00268. The number of ether oxygens (including phenoxy) is 1. The van der Waals surface area contributed by atoms with E-state index in [1.165, 1.54) is 17.3 Å². The topological polar surface area (TPSA) is 67.4 Å². The summed E-state index contributed by atoms with van der Waals surface area (Å²) < 4.78 is 5.36. The fraction of sp³-hybridized carbons (Fsp3) is 0.389. The van der Waals surface area contributed by atoms with Crippen molar-refractivity contribution >= 4 is 23.5 Å². The zero-order chi connectivity index (χ0) is 17.5. The van der Waals surface area contributed by atoms with Gasteiger partial charge in [-0.1, -0.05) is 41.6 Å². The normalized spacial score (nSPS) is 14.4. The van der Waals surface area contributed by atoms with E-state index in [1.54, 1.807) is 6.33 Å². The molecule has 0 aliphatic carbocycles. The lowest BCUT2D eigenvalue weighted by Crippen LogP contribution is -2.36. The summed E-state index contributed by atoms with van der Waals surface area (Å²) in [5.74, 6) is 1.23. The van der Waals surface area contributed by atoms with Gasteiger partial charge in [0.05, 0.1) is 19.0 Å². The third kappa shape index (κ3) is 5.44. The number of carbonyl (C=O) groups is 1. The number of hydrogen-bond acceptors (Lipinski definition) is 6. The number of carbonyl (C=O) groups excluding carboxylic acids is 1. The second-order valence-electron chi connectivity index (χ2n) is 5.86. The molecule has 1 aliphatic rings. The van der Waals surface area contributed by atoms with Gasteiger partial charge in [-0.05, 0) is 12.5 Å². The highest BCUT2D eigenvalue weighted by molar-refractivity contribution is 7.99. The van der Waals surface area contributed by atoms with Gasteiger partial charge in [-0.2, -0.15) is 0 Å². The molecule has 0 unspecified atom stereocenters. The fourth-order valence-corrected chi connectivity index (χ4v) is 3.16. The molecular formula is C18H22N4O2S.